The molecule has 0 bridgehead atoms. The van der Waals surface area contributed by atoms with Gasteiger partial charge >= 0.3 is 0 Å². The maximum atomic E-state index is 6.37. The van der Waals surface area contributed by atoms with E-state index in [2.05, 4.69) is 30.7 Å². The Morgan fingerprint density at radius 1 is 1.30 bits per heavy atom. The summed E-state index contributed by atoms with van der Waals surface area (Å²) in [6.07, 6.45) is 3.80. The maximum Gasteiger partial charge on any atom is 0.145 e. The van der Waals surface area contributed by atoms with Crippen LogP contribution in [-0.2, 0) is 6.54 Å². The molecular weight excluding hydrogens is 290 g/mol. The Morgan fingerprint density at radius 3 is 2.70 bits per heavy atom. The van der Waals surface area contributed by atoms with E-state index in [9.17, 15) is 0 Å². The van der Waals surface area contributed by atoms with Crippen LogP contribution in [0.15, 0.2) is 0 Å². The molecule has 1 saturated carbocycles. The zero-order valence-corrected chi connectivity index (χ0v) is 13.8. The van der Waals surface area contributed by atoms with Crippen molar-refractivity contribution in [2.24, 2.45) is 0 Å². The monoisotopic (exact) mass is 309 g/mol. The van der Waals surface area contributed by atoms with Crippen LogP contribution in [0.1, 0.15) is 42.5 Å². The molecule has 1 aliphatic rings. The van der Waals surface area contributed by atoms with E-state index in [1.165, 1.54) is 29.7 Å². The quantitative estimate of drug-likeness (QED) is 0.770. The molecule has 0 N–H and O–H groups in total. The molecule has 1 fully saturated rings. The van der Waals surface area contributed by atoms with Crippen LogP contribution in [-0.4, -0.2) is 27.5 Å². The Labute approximate surface area is 129 Å². The lowest BCUT2D eigenvalue weighted by atomic mass is 10.2. The minimum atomic E-state index is 0.610. The average Bonchev–Trinajstić information content (AvgIpc) is 3.17. The Bertz CT molecular complexity index is 634. The molecule has 1 aliphatic carbocycles. The van der Waals surface area contributed by atoms with Gasteiger partial charge in [0.05, 0.1) is 11.9 Å². The van der Waals surface area contributed by atoms with E-state index in [4.69, 9.17) is 16.6 Å². The fourth-order valence-electron chi connectivity index (χ4n) is 2.61. The number of halogens is 1. The minimum Gasteiger partial charge on any atom is -0.293 e. The summed E-state index contributed by atoms with van der Waals surface area (Å²) in [7, 11) is 0. The van der Waals surface area contributed by atoms with Gasteiger partial charge < -0.3 is 0 Å². The van der Waals surface area contributed by atoms with E-state index in [1.54, 1.807) is 11.3 Å². The third kappa shape index (κ3) is 2.69. The molecule has 0 atom stereocenters. The minimum absolute atomic E-state index is 0.610. The first-order valence-electron chi connectivity index (χ1n) is 7.26. The van der Waals surface area contributed by atoms with E-state index in [-0.39, 0.29) is 0 Å². The Morgan fingerprint density at radius 2 is 2.05 bits per heavy atom. The summed E-state index contributed by atoms with van der Waals surface area (Å²) < 4.78 is 0. The summed E-state index contributed by atoms with van der Waals surface area (Å²) in [4.78, 5) is 14.1. The van der Waals surface area contributed by atoms with Crippen LogP contribution >= 0.6 is 22.9 Å². The molecule has 0 saturated heterocycles. The van der Waals surface area contributed by atoms with Gasteiger partial charge in [0.15, 0.2) is 0 Å². The summed E-state index contributed by atoms with van der Waals surface area (Å²) in [6.45, 7) is 8.37. The van der Waals surface area contributed by atoms with Crippen LogP contribution in [0.5, 0.6) is 0 Å². The van der Waals surface area contributed by atoms with E-state index in [0.717, 1.165) is 35.2 Å². The third-order valence-electron chi connectivity index (χ3n) is 3.95. The van der Waals surface area contributed by atoms with Crippen LogP contribution in [0.4, 0.5) is 0 Å². The molecule has 20 heavy (non-hydrogen) atoms. The standard InChI is InChI=1S/C15H20ClN3S/c1-4-7-19(11-5-6-11)8-12-17-14(16)13-9(2)10(3)20-15(13)18-12/h11H,4-8H2,1-3H3. The highest BCUT2D eigenvalue weighted by atomic mass is 35.5. The van der Waals surface area contributed by atoms with Crippen molar-refractivity contribution in [1.82, 2.24) is 14.9 Å². The molecule has 0 radical (unpaired) electrons. The maximum absolute atomic E-state index is 6.37. The molecular formula is C15H20ClN3S. The number of rotatable bonds is 5. The van der Waals surface area contributed by atoms with Gasteiger partial charge in [0.25, 0.3) is 0 Å². The molecule has 0 aromatic carbocycles. The van der Waals surface area contributed by atoms with E-state index in [1.807, 2.05) is 0 Å². The first kappa shape index (κ1) is 14.2. The van der Waals surface area contributed by atoms with Gasteiger partial charge in [-0.25, -0.2) is 9.97 Å². The first-order valence-corrected chi connectivity index (χ1v) is 8.45. The third-order valence-corrected chi connectivity index (χ3v) is 5.32. The Hall–Kier alpha value is -0.710. The van der Waals surface area contributed by atoms with Crippen molar-refractivity contribution in [3.8, 4) is 0 Å². The van der Waals surface area contributed by atoms with Crippen molar-refractivity contribution >= 4 is 33.2 Å². The Balaban J connectivity index is 1.91. The predicted molar refractivity (Wildman–Crippen MR) is 85.6 cm³/mol. The largest absolute Gasteiger partial charge is 0.293 e. The summed E-state index contributed by atoms with van der Waals surface area (Å²) in [5.74, 6) is 0.865. The predicted octanol–water partition coefficient (Wildman–Crippen LogP) is 4.34. The zero-order valence-electron chi connectivity index (χ0n) is 12.2. The summed E-state index contributed by atoms with van der Waals surface area (Å²) in [5.41, 5.74) is 1.22. The number of aromatic nitrogens is 2. The molecule has 3 rings (SSSR count). The van der Waals surface area contributed by atoms with Crippen molar-refractivity contribution in [1.29, 1.82) is 0 Å². The van der Waals surface area contributed by atoms with Gasteiger partial charge in [-0.3, -0.25) is 4.90 Å². The van der Waals surface area contributed by atoms with Gasteiger partial charge in [-0.05, 0) is 45.2 Å². The van der Waals surface area contributed by atoms with E-state index >= 15 is 0 Å². The molecule has 2 aromatic rings. The van der Waals surface area contributed by atoms with Crippen molar-refractivity contribution in [2.45, 2.75) is 52.6 Å². The van der Waals surface area contributed by atoms with Crippen LogP contribution < -0.4 is 0 Å². The van der Waals surface area contributed by atoms with E-state index in [0.29, 0.717) is 5.15 Å². The van der Waals surface area contributed by atoms with Gasteiger partial charge in [-0.1, -0.05) is 18.5 Å². The van der Waals surface area contributed by atoms with Crippen molar-refractivity contribution < 1.29 is 0 Å². The summed E-state index contributed by atoms with van der Waals surface area (Å²) in [5, 5.41) is 1.64. The van der Waals surface area contributed by atoms with Crippen molar-refractivity contribution in [3.05, 3.63) is 21.4 Å². The van der Waals surface area contributed by atoms with Crippen LogP contribution in [0, 0.1) is 13.8 Å². The normalized spacial score (nSPS) is 15.4. The first-order chi connectivity index (χ1) is 9.60. The number of fused-ring (bicyclic) bond motifs is 1. The van der Waals surface area contributed by atoms with Crippen molar-refractivity contribution in [3.63, 3.8) is 0 Å². The second-order valence-corrected chi connectivity index (χ2v) is 7.16. The number of aryl methyl sites for hydroxylation is 2. The molecule has 3 nitrogen and oxygen atoms in total. The number of thiophene rings is 1. The van der Waals surface area contributed by atoms with Gasteiger partial charge in [0.1, 0.15) is 15.8 Å². The average molecular weight is 310 g/mol. The molecule has 0 aliphatic heterocycles. The fourth-order valence-corrected chi connectivity index (χ4v) is 4.04. The highest BCUT2D eigenvalue weighted by Crippen LogP contribution is 2.34. The second kappa shape index (κ2) is 5.58. The van der Waals surface area contributed by atoms with Gasteiger partial charge in [0, 0.05) is 10.9 Å². The SMILES string of the molecule is CCCN(Cc1nc(Cl)c2c(C)c(C)sc2n1)C1CC1. The van der Waals surface area contributed by atoms with E-state index < -0.39 is 0 Å². The van der Waals surface area contributed by atoms with Gasteiger partial charge in [-0.2, -0.15) is 0 Å². The van der Waals surface area contributed by atoms with Crippen LogP contribution in [0.2, 0.25) is 5.15 Å². The van der Waals surface area contributed by atoms with Crippen molar-refractivity contribution in [2.75, 3.05) is 6.54 Å². The molecule has 108 valence electrons. The van der Waals surface area contributed by atoms with Gasteiger partial charge in [0.2, 0.25) is 0 Å². The molecule has 2 heterocycles. The smallest absolute Gasteiger partial charge is 0.145 e. The highest BCUT2D eigenvalue weighted by molar-refractivity contribution is 7.18. The number of hydrogen-bond donors (Lipinski definition) is 0. The van der Waals surface area contributed by atoms with Crippen LogP contribution in [0.25, 0.3) is 10.2 Å². The zero-order chi connectivity index (χ0) is 14.3. The highest BCUT2D eigenvalue weighted by Gasteiger charge is 2.29. The molecule has 2 aromatic heterocycles. The number of nitrogens with zero attached hydrogens (tertiary/aromatic N) is 3. The van der Waals surface area contributed by atoms with Gasteiger partial charge in [-0.15, -0.1) is 11.3 Å². The second-order valence-electron chi connectivity index (χ2n) is 5.60. The van der Waals surface area contributed by atoms with Crippen LogP contribution in [0.3, 0.4) is 0 Å². The fraction of sp³-hybridized carbons (Fsp3) is 0.600. The summed E-state index contributed by atoms with van der Waals surface area (Å²) in [6, 6.07) is 0.736. The Kier molecular flexibility index (Phi) is 3.98. The number of hydrogen-bond acceptors (Lipinski definition) is 4. The summed E-state index contributed by atoms with van der Waals surface area (Å²) >= 11 is 8.09. The molecule has 5 heteroatoms. The molecule has 0 unspecified atom stereocenters. The topological polar surface area (TPSA) is 29.0 Å². The lowest BCUT2D eigenvalue weighted by Gasteiger charge is -2.20. The molecule has 0 amide bonds. The lowest BCUT2D eigenvalue weighted by Crippen LogP contribution is -2.27. The lowest BCUT2D eigenvalue weighted by molar-refractivity contribution is 0.249. The molecule has 0 spiro atoms.